The molecule has 1 aromatic heterocycles. The van der Waals surface area contributed by atoms with E-state index in [0.717, 1.165) is 54.2 Å². The number of aromatic nitrogens is 3. The molecule has 13 heteroatoms. The van der Waals surface area contributed by atoms with Gasteiger partial charge in [0.1, 0.15) is 6.73 Å². The Morgan fingerprint density at radius 2 is 1.82 bits per heavy atom. The van der Waals surface area contributed by atoms with Gasteiger partial charge in [0.25, 0.3) is 0 Å². The number of esters is 1. The molecule has 3 rings (SSSR count). The van der Waals surface area contributed by atoms with E-state index in [2.05, 4.69) is 53.8 Å². The van der Waals surface area contributed by atoms with Crippen LogP contribution >= 0.6 is 0 Å². The largest absolute Gasteiger partial charge is 0.469 e. The van der Waals surface area contributed by atoms with Gasteiger partial charge in [-0.2, -0.15) is 18.2 Å². The third-order valence-corrected chi connectivity index (χ3v) is 9.67. The van der Waals surface area contributed by atoms with E-state index >= 15 is 0 Å². The maximum atomic E-state index is 14.0. The van der Waals surface area contributed by atoms with Gasteiger partial charge in [0.05, 0.1) is 31.0 Å². The van der Waals surface area contributed by atoms with Crippen molar-refractivity contribution in [2.45, 2.75) is 110 Å². The Balaban J connectivity index is 2.00. The van der Waals surface area contributed by atoms with Crippen LogP contribution in [-0.2, 0) is 31.9 Å². The Hall–Kier alpha value is -2.64. The fourth-order valence-corrected chi connectivity index (χ4v) is 6.19. The summed E-state index contributed by atoms with van der Waals surface area (Å²) in [6.07, 6.45) is -0.565. The van der Waals surface area contributed by atoms with Crippen molar-refractivity contribution in [3.8, 4) is 0 Å². The molecule has 1 saturated carbocycles. The van der Waals surface area contributed by atoms with Crippen LogP contribution in [-0.4, -0.2) is 68.3 Å². The number of hydrogen-bond acceptors (Lipinski definition) is 8. The number of carbonyl (C=O) groups excluding carboxylic acids is 1. The number of rotatable bonds is 15. The summed E-state index contributed by atoms with van der Waals surface area (Å²) in [6.45, 7) is 13.5. The number of anilines is 3. The molecule has 1 aliphatic carbocycles. The zero-order valence-electron chi connectivity index (χ0n) is 27.5. The molecular formula is C31H50F3N5O4Si. The van der Waals surface area contributed by atoms with E-state index in [0.29, 0.717) is 18.2 Å². The van der Waals surface area contributed by atoms with Crippen LogP contribution in [0.4, 0.5) is 30.5 Å². The summed E-state index contributed by atoms with van der Waals surface area (Å²) in [6, 6.07) is 6.90. The van der Waals surface area contributed by atoms with Gasteiger partial charge in [0.15, 0.2) is 0 Å². The standard InChI is InChI=1S/C31H50F3N5O4Si/c1-21(2)19-38(24-10-12-25(41-4)13-11-24)27-14-9-23(22(3)17-28(40)42-5)18-26(27)35-30-36-29(31(32,33)34)39(37-30)20-43-15-16-44(6,7)8/h9,14,18,21-22,24-25H,10-13,15-17,19-20H2,1-8H3,(H,35,37)/t22?,24-,25-. The average molecular weight is 642 g/mol. The summed E-state index contributed by atoms with van der Waals surface area (Å²) in [7, 11) is 1.68. The van der Waals surface area contributed by atoms with Crippen molar-refractivity contribution < 1.29 is 32.2 Å². The molecule has 1 unspecified atom stereocenters. The van der Waals surface area contributed by atoms with Gasteiger partial charge < -0.3 is 24.4 Å². The molecule has 1 N–H and O–H groups in total. The fourth-order valence-electron chi connectivity index (χ4n) is 5.44. The monoisotopic (exact) mass is 641 g/mol. The van der Waals surface area contributed by atoms with Crippen molar-refractivity contribution >= 4 is 31.4 Å². The van der Waals surface area contributed by atoms with Crippen molar-refractivity contribution in [1.82, 2.24) is 14.8 Å². The Bertz CT molecular complexity index is 1210. The summed E-state index contributed by atoms with van der Waals surface area (Å²) in [5.41, 5.74) is 2.28. The first-order chi connectivity index (χ1) is 20.6. The molecule has 44 heavy (non-hydrogen) atoms. The third-order valence-electron chi connectivity index (χ3n) is 7.96. The number of hydrogen-bond donors (Lipinski definition) is 1. The van der Waals surface area contributed by atoms with Gasteiger partial charge in [-0.3, -0.25) is 4.79 Å². The molecule has 248 valence electrons. The summed E-state index contributed by atoms with van der Waals surface area (Å²) in [4.78, 5) is 18.2. The summed E-state index contributed by atoms with van der Waals surface area (Å²) >= 11 is 0. The summed E-state index contributed by atoms with van der Waals surface area (Å²) < 4.78 is 58.9. The van der Waals surface area contributed by atoms with E-state index in [4.69, 9.17) is 14.2 Å². The Morgan fingerprint density at radius 1 is 1.14 bits per heavy atom. The highest BCUT2D eigenvalue weighted by Gasteiger charge is 2.38. The zero-order valence-corrected chi connectivity index (χ0v) is 28.5. The number of nitrogens with zero attached hydrogens (tertiary/aromatic N) is 4. The number of ether oxygens (including phenoxy) is 3. The zero-order chi connectivity index (χ0) is 32.7. The van der Waals surface area contributed by atoms with Crippen LogP contribution in [0.2, 0.25) is 25.7 Å². The predicted octanol–water partition coefficient (Wildman–Crippen LogP) is 7.44. The number of benzene rings is 1. The quantitative estimate of drug-likeness (QED) is 0.122. The average Bonchev–Trinajstić information content (AvgIpc) is 3.36. The van der Waals surface area contributed by atoms with E-state index in [9.17, 15) is 18.0 Å². The highest BCUT2D eigenvalue weighted by atomic mass is 28.3. The molecule has 0 amide bonds. The molecule has 9 nitrogen and oxygen atoms in total. The van der Waals surface area contributed by atoms with Crippen molar-refractivity contribution in [2.75, 3.05) is 37.6 Å². The van der Waals surface area contributed by atoms with Gasteiger partial charge in [-0.1, -0.05) is 46.5 Å². The second-order valence-corrected chi connectivity index (χ2v) is 19.0. The van der Waals surface area contributed by atoms with Gasteiger partial charge in [0.2, 0.25) is 11.8 Å². The minimum absolute atomic E-state index is 0.169. The first-order valence-corrected chi connectivity index (χ1v) is 19.2. The predicted molar refractivity (Wildman–Crippen MR) is 169 cm³/mol. The molecule has 1 heterocycles. The minimum Gasteiger partial charge on any atom is -0.469 e. The van der Waals surface area contributed by atoms with E-state index in [1.54, 1.807) is 7.11 Å². The minimum atomic E-state index is -4.71. The first-order valence-electron chi connectivity index (χ1n) is 15.5. The van der Waals surface area contributed by atoms with Gasteiger partial charge in [0, 0.05) is 34.4 Å². The van der Waals surface area contributed by atoms with Gasteiger partial charge in [-0.25, -0.2) is 4.68 Å². The van der Waals surface area contributed by atoms with Gasteiger partial charge >= 0.3 is 12.1 Å². The molecule has 0 aliphatic heterocycles. The van der Waals surface area contributed by atoms with Crippen LogP contribution in [0.3, 0.4) is 0 Å². The SMILES string of the molecule is COC(=O)CC(C)c1ccc(N(CC(C)C)[C@H]2CC[C@H](OC)CC2)c(Nc2nc(C(F)(F)F)n(COCC[Si](C)(C)C)n2)c1. The van der Waals surface area contributed by atoms with Crippen molar-refractivity contribution in [2.24, 2.45) is 5.92 Å². The van der Waals surface area contributed by atoms with Crippen LogP contribution in [0.25, 0.3) is 0 Å². The molecule has 1 atom stereocenters. The molecule has 0 saturated heterocycles. The second-order valence-electron chi connectivity index (χ2n) is 13.4. The lowest BCUT2D eigenvalue weighted by molar-refractivity contribution is -0.150. The molecular weight excluding hydrogens is 591 g/mol. The number of methoxy groups -OCH3 is 2. The lowest BCUT2D eigenvalue weighted by Gasteiger charge is -2.40. The highest BCUT2D eigenvalue weighted by molar-refractivity contribution is 6.76. The maximum Gasteiger partial charge on any atom is 0.451 e. The van der Waals surface area contributed by atoms with Crippen molar-refractivity contribution in [3.63, 3.8) is 0 Å². The van der Waals surface area contributed by atoms with Crippen LogP contribution in [0.15, 0.2) is 18.2 Å². The summed E-state index contributed by atoms with van der Waals surface area (Å²) in [5.74, 6) is -1.47. The third kappa shape index (κ3) is 10.5. The molecule has 2 aromatic rings. The molecule has 1 fully saturated rings. The van der Waals surface area contributed by atoms with E-state index in [1.165, 1.54) is 7.11 Å². The number of alkyl halides is 3. The number of halogens is 3. The van der Waals surface area contributed by atoms with Crippen molar-refractivity contribution in [3.05, 3.63) is 29.6 Å². The molecule has 1 aromatic carbocycles. The lowest BCUT2D eigenvalue weighted by atomic mass is 9.90. The lowest BCUT2D eigenvalue weighted by Crippen LogP contribution is -2.41. The Labute approximate surface area is 260 Å². The van der Waals surface area contributed by atoms with Crippen LogP contribution in [0.1, 0.15) is 70.2 Å². The van der Waals surface area contributed by atoms with Crippen LogP contribution in [0.5, 0.6) is 0 Å². The van der Waals surface area contributed by atoms with E-state index in [-0.39, 0.29) is 43.1 Å². The molecule has 0 radical (unpaired) electrons. The molecule has 0 bridgehead atoms. The molecule has 1 aliphatic rings. The Morgan fingerprint density at radius 3 is 2.39 bits per heavy atom. The van der Waals surface area contributed by atoms with Gasteiger partial charge in [-0.05, 0) is 61.3 Å². The second kappa shape index (κ2) is 15.6. The van der Waals surface area contributed by atoms with Crippen molar-refractivity contribution in [1.29, 1.82) is 0 Å². The van der Waals surface area contributed by atoms with Crippen LogP contribution in [0, 0.1) is 5.92 Å². The first kappa shape index (κ1) is 35.8. The maximum absolute atomic E-state index is 14.0. The van der Waals surface area contributed by atoms with E-state index < -0.39 is 20.1 Å². The molecule has 0 spiro atoms. The smallest absolute Gasteiger partial charge is 0.451 e. The van der Waals surface area contributed by atoms with E-state index in [1.807, 2.05) is 25.1 Å². The van der Waals surface area contributed by atoms with Crippen LogP contribution < -0.4 is 10.2 Å². The summed E-state index contributed by atoms with van der Waals surface area (Å²) in [5, 5.41) is 7.31. The van der Waals surface area contributed by atoms with Gasteiger partial charge in [-0.15, -0.1) is 5.10 Å². The normalized spacial score (nSPS) is 18.4. The number of nitrogens with one attached hydrogen (secondary N) is 1. The fraction of sp³-hybridized carbons (Fsp3) is 0.710. The highest BCUT2D eigenvalue weighted by Crippen LogP contribution is 2.38. The topological polar surface area (TPSA) is 90.7 Å². The Kier molecular flexibility index (Phi) is 12.7. The number of carbonyl (C=O) groups is 1.